The van der Waals surface area contributed by atoms with Gasteiger partial charge >= 0.3 is 0 Å². The van der Waals surface area contributed by atoms with E-state index in [0.29, 0.717) is 13.2 Å². The number of rotatable bonds is 5. The first-order valence-corrected chi connectivity index (χ1v) is 2.88. The normalized spacial score (nSPS) is 13.1. The molecule has 0 radical (unpaired) electrons. The third-order valence-corrected chi connectivity index (χ3v) is 0.818. The van der Waals surface area contributed by atoms with E-state index in [4.69, 9.17) is 15.6 Å². The second-order valence-corrected chi connectivity index (χ2v) is 1.72. The maximum Gasteiger partial charge on any atom is 0.0895 e. The van der Waals surface area contributed by atoms with Crippen molar-refractivity contribution in [3.8, 4) is 0 Å². The van der Waals surface area contributed by atoms with Gasteiger partial charge in [0.05, 0.1) is 19.3 Å². The first-order valence-electron chi connectivity index (χ1n) is 2.88. The van der Waals surface area contributed by atoms with Gasteiger partial charge in [-0.15, -0.1) is 6.58 Å². The molecule has 3 heteroatoms. The van der Waals surface area contributed by atoms with E-state index in [-0.39, 0.29) is 6.54 Å². The van der Waals surface area contributed by atoms with Crippen LogP contribution in [0.25, 0.3) is 0 Å². The molecular formula is C6H13NO2. The van der Waals surface area contributed by atoms with Gasteiger partial charge in [0.15, 0.2) is 0 Å². The van der Waals surface area contributed by atoms with E-state index in [1.165, 1.54) is 0 Å². The molecule has 1 atom stereocenters. The highest BCUT2D eigenvalue weighted by atomic mass is 16.5. The molecule has 0 spiro atoms. The molecule has 0 unspecified atom stereocenters. The van der Waals surface area contributed by atoms with E-state index in [0.717, 1.165) is 0 Å². The molecule has 0 heterocycles. The predicted octanol–water partition coefficient (Wildman–Crippen LogP) is -0.491. The number of aliphatic hydroxyl groups excluding tert-OH is 1. The van der Waals surface area contributed by atoms with Gasteiger partial charge in [0.2, 0.25) is 0 Å². The Morgan fingerprint density at radius 2 is 2.44 bits per heavy atom. The van der Waals surface area contributed by atoms with Crippen LogP contribution in [0, 0.1) is 0 Å². The van der Waals surface area contributed by atoms with Gasteiger partial charge in [-0.25, -0.2) is 0 Å². The van der Waals surface area contributed by atoms with Gasteiger partial charge in [-0.1, -0.05) is 6.08 Å². The Hall–Kier alpha value is -0.380. The molecule has 3 N–H and O–H groups in total. The van der Waals surface area contributed by atoms with Crippen molar-refractivity contribution in [3.63, 3.8) is 0 Å². The lowest BCUT2D eigenvalue weighted by molar-refractivity contribution is 0.0544. The highest BCUT2D eigenvalue weighted by Gasteiger charge is 1.97. The van der Waals surface area contributed by atoms with Gasteiger partial charge in [-0.05, 0) is 0 Å². The van der Waals surface area contributed by atoms with Crippen LogP contribution in [0.4, 0.5) is 0 Å². The van der Waals surface area contributed by atoms with E-state index < -0.39 is 6.10 Å². The molecule has 0 amide bonds. The highest BCUT2D eigenvalue weighted by molar-refractivity contribution is 4.64. The zero-order valence-corrected chi connectivity index (χ0v) is 5.42. The predicted molar refractivity (Wildman–Crippen MR) is 36.1 cm³/mol. The van der Waals surface area contributed by atoms with Crippen LogP contribution in [0.2, 0.25) is 0 Å². The Morgan fingerprint density at radius 3 is 2.89 bits per heavy atom. The smallest absolute Gasteiger partial charge is 0.0895 e. The van der Waals surface area contributed by atoms with Crippen LogP contribution in [-0.2, 0) is 4.74 Å². The monoisotopic (exact) mass is 131 g/mol. The minimum Gasteiger partial charge on any atom is -0.389 e. The minimum absolute atomic E-state index is 0.247. The Labute approximate surface area is 55.1 Å². The minimum atomic E-state index is -0.537. The quantitative estimate of drug-likeness (QED) is 0.391. The molecule has 9 heavy (non-hydrogen) atoms. The van der Waals surface area contributed by atoms with Crippen LogP contribution in [0.1, 0.15) is 0 Å². The van der Waals surface area contributed by atoms with Crippen molar-refractivity contribution in [2.75, 3.05) is 19.8 Å². The van der Waals surface area contributed by atoms with Gasteiger partial charge in [-0.3, -0.25) is 0 Å². The molecule has 0 aromatic rings. The van der Waals surface area contributed by atoms with Crippen molar-refractivity contribution < 1.29 is 9.84 Å². The summed E-state index contributed by atoms with van der Waals surface area (Å²) in [7, 11) is 0. The number of hydrogen-bond acceptors (Lipinski definition) is 3. The van der Waals surface area contributed by atoms with Gasteiger partial charge < -0.3 is 15.6 Å². The molecule has 0 aromatic heterocycles. The van der Waals surface area contributed by atoms with Crippen molar-refractivity contribution >= 4 is 0 Å². The summed E-state index contributed by atoms with van der Waals surface area (Å²) in [5.41, 5.74) is 5.10. The third kappa shape index (κ3) is 5.49. The zero-order chi connectivity index (χ0) is 7.11. The maximum absolute atomic E-state index is 8.80. The molecule has 0 aliphatic heterocycles. The summed E-state index contributed by atoms with van der Waals surface area (Å²) in [6, 6.07) is 0. The van der Waals surface area contributed by atoms with E-state index >= 15 is 0 Å². The summed E-state index contributed by atoms with van der Waals surface area (Å²) in [6.45, 7) is 4.46. The number of nitrogens with two attached hydrogens (primary N) is 1. The Balaban J connectivity index is 2.96. The van der Waals surface area contributed by atoms with E-state index in [9.17, 15) is 0 Å². The first-order chi connectivity index (χ1) is 4.31. The van der Waals surface area contributed by atoms with Crippen molar-refractivity contribution in [2.24, 2.45) is 5.73 Å². The van der Waals surface area contributed by atoms with Crippen LogP contribution in [0.5, 0.6) is 0 Å². The van der Waals surface area contributed by atoms with Gasteiger partial charge in [-0.2, -0.15) is 0 Å². The average molecular weight is 131 g/mol. The summed E-state index contributed by atoms with van der Waals surface area (Å²) in [5.74, 6) is 0. The Kier molecular flexibility index (Phi) is 5.51. The molecule has 0 aliphatic rings. The number of aliphatic hydroxyl groups is 1. The highest BCUT2D eigenvalue weighted by Crippen LogP contribution is 1.81. The lowest BCUT2D eigenvalue weighted by atomic mass is 10.4. The van der Waals surface area contributed by atoms with Gasteiger partial charge in [0, 0.05) is 6.54 Å². The molecule has 0 rings (SSSR count). The van der Waals surface area contributed by atoms with Crippen molar-refractivity contribution in [3.05, 3.63) is 12.7 Å². The first kappa shape index (κ1) is 8.62. The molecule has 0 fully saturated rings. The van der Waals surface area contributed by atoms with Gasteiger partial charge in [0.1, 0.15) is 0 Å². The van der Waals surface area contributed by atoms with Crippen LogP contribution in [-0.4, -0.2) is 31.0 Å². The summed E-state index contributed by atoms with van der Waals surface area (Å²) in [5, 5.41) is 8.80. The standard InChI is InChI=1S/C6H13NO2/c1-2-3-9-5-6(8)4-7/h2,6,8H,1,3-5,7H2/t6-/m1/s1. The SMILES string of the molecule is C=CCOC[C@H](O)CN. The fourth-order valence-electron chi connectivity index (χ4n) is 0.355. The van der Waals surface area contributed by atoms with Crippen molar-refractivity contribution in [1.29, 1.82) is 0 Å². The lowest BCUT2D eigenvalue weighted by Gasteiger charge is -2.05. The topological polar surface area (TPSA) is 55.5 Å². The molecule has 0 aliphatic carbocycles. The molecule has 0 bridgehead atoms. The van der Waals surface area contributed by atoms with Crippen LogP contribution in [0.3, 0.4) is 0 Å². The summed E-state index contributed by atoms with van der Waals surface area (Å²) in [6.07, 6.45) is 1.09. The second-order valence-electron chi connectivity index (χ2n) is 1.72. The van der Waals surface area contributed by atoms with E-state index in [2.05, 4.69) is 6.58 Å². The molecular weight excluding hydrogens is 118 g/mol. The van der Waals surface area contributed by atoms with Crippen LogP contribution < -0.4 is 5.73 Å². The maximum atomic E-state index is 8.80. The van der Waals surface area contributed by atoms with E-state index in [1.807, 2.05) is 0 Å². The van der Waals surface area contributed by atoms with Crippen molar-refractivity contribution in [2.45, 2.75) is 6.10 Å². The molecule has 0 saturated heterocycles. The molecule has 3 nitrogen and oxygen atoms in total. The Morgan fingerprint density at radius 1 is 1.78 bits per heavy atom. The van der Waals surface area contributed by atoms with E-state index in [1.54, 1.807) is 6.08 Å². The van der Waals surface area contributed by atoms with Crippen LogP contribution >= 0.6 is 0 Å². The van der Waals surface area contributed by atoms with Crippen LogP contribution in [0.15, 0.2) is 12.7 Å². The fourth-order valence-corrected chi connectivity index (χ4v) is 0.355. The molecule has 0 aromatic carbocycles. The zero-order valence-electron chi connectivity index (χ0n) is 5.42. The van der Waals surface area contributed by atoms with Crippen molar-refractivity contribution in [1.82, 2.24) is 0 Å². The summed E-state index contributed by atoms with van der Waals surface area (Å²) < 4.78 is 4.89. The number of hydrogen-bond donors (Lipinski definition) is 2. The largest absolute Gasteiger partial charge is 0.389 e. The second kappa shape index (κ2) is 5.75. The summed E-state index contributed by atoms with van der Waals surface area (Å²) >= 11 is 0. The Bertz CT molecular complexity index is 75.5. The van der Waals surface area contributed by atoms with Gasteiger partial charge in [0.25, 0.3) is 0 Å². The number of ether oxygens (including phenoxy) is 1. The summed E-state index contributed by atoms with van der Waals surface area (Å²) in [4.78, 5) is 0. The molecule has 0 saturated carbocycles. The lowest BCUT2D eigenvalue weighted by Crippen LogP contribution is -2.25. The molecule has 54 valence electrons. The average Bonchev–Trinajstić information content (AvgIpc) is 1.89. The fraction of sp³-hybridized carbons (Fsp3) is 0.667. The third-order valence-electron chi connectivity index (χ3n) is 0.818.